The minimum atomic E-state index is -0.0736. The Morgan fingerprint density at radius 3 is 2.54 bits per heavy atom. The Bertz CT molecular complexity index is 852. The first-order valence-corrected chi connectivity index (χ1v) is 10.1. The minimum absolute atomic E-state index is 0.0572. The lowest BCUT2D eigenvalue weighted by Gasteiger charge is -2.49. The second-order valence-electron chi connectivity index (χ2n) is 8.21. The van der Waals surface area contributed by atoms with Crippen molar-refractivity contribution >= 4 is 11.8 Å². The fourth-order valence-electron chi connectivity index (χ4n) is 4.76. The Labute approximate surface area is 166 Å². The molecule has 2 fully saturated rings. The standard InChI is InChI=1S/C22H28N4O2/c1-3-25-16-22(13-19(21(25)28)17-7-5-4-6-8-17)9-11-26(12-10-22)20(27)18-14-23-24(2)15-18/h4-8,14-15,19H,3,9-13,16H2,1-2H3. The zero-order valence-electron chi connectivity index (χ0n) is 16.7. The molecule has 2 aromatic rings. The van der Waals surface area contributed by atoms with Crippen molar-refractivity contribution in [3.8, 4) is 0 Å². The predicted molar refractivity (Wildman–Crippen MR) is 107 cm³/mol. The van der Waals surface area contributed by atoms with Crippen LogP contribution in [0.25, 0.3) is 0 Å². The molecule has 0 N–H and O–H groups in total. The number of piperidine rings is 2. The molecule has 3 heterocycles. The Kier molecular flexibility index (Phi) is 4.96. The van der Waals surface area contributed by atoms with Crippen LogP contribution in [-0.2, 0) is 11.8 Å². The maximum absolute atomic E-state index is 13.0. The van der Waals surface area contributed by atoms with E-state index in [1.807, 2.05) is 35.0 Å². The number of rotatable bonds is 3. The van der Waals surface area contributed by atoms with Crippen molar-refractivity contribution in [3.05, 3.63) is 53.9 Å². The fourth-order valence-corrected chi connectivity index (χ4v) is 4.76. The molecule has 2 amide bonds. The third kappa shape index (κ3) is 3.43. The van der Waals surface area contributed by atoms with Crippen LogP contribution in [0.15, 0.2) is 42.7 Å². The van der Waals surface area contributed by atoms with E-state index in [2.05, 4.69) is 24.2 Å². The fraction of sp³-hybridized carbons (Fsp3) is 0.500. The van der Waals surface area contributed by atoms with Crippen molar-refractivity contribution < 1.29 is 9.59 Å². The van der Waals surface area contributed by atoms with Crippen LogP contribution in [0.5, 0.6) is 0 Å². The third-order valence-electron chi connectivity index (χ3n) is 6.42. The molecule has 148 valence electrons. The molecular weight excluding hydrogens is 352 g/mol. The summed E-state index contributed by atoms with van der Waals surface area (Å²) in [4.78, 5) is 29.7. The first-order chi connectivity index (χ1) is 13.5. The number of aromatic nitrogens is 2. The summed E-state index contributed by atoms with van der Waals surface area (Å²) in [6, 6.07) is 10.1. The van der Waals surface area contributed by atoms with Crippen LogP contribution >= 0.6 is 0 Å². The number of nitrogens with zero attached hydrogens (tertiary/aromatic N) is 4. The highest BCUT2D eigenvalue weighted by Gasteiger charge is 2.46. The van der Waals surface area contributed by atoms with Gasteiger partial charge in [-0.3, -0.25) is 14.3 Å². The zero-order valence-corrected chi connectivity index (χ0v) is 16.7. The number of aryl methyl sites for hydroxylation is 1. The maximum atomic E-state index is 13.0. The van der Waals surface area contributed by atoms with E-state index in [4.69, 9.17) is 0 Å². The lowest BCUT2D eigenvalue weighted by atomic mass is 9.67. The van der Waals surface area contributed by atoms with E-state index in [1.54, 1.807) is 17.1 Å². The van der Waals surface area contributed by atoms with Gasteiger partial charge >= 0.3 is 0 Å². The Morgan fingerprint density at radius 2 is 1.93 bits per heavy atom. The van der Waals surface area contributed by atoms with E-state index in [1.165, 1.54) is 0 Å². The molecular formula is C22H28N4O2. The molecule has 0 saturated carbocycles. The molecule has 4 rings (SSSR count). The summed E-state index contributed by atoms with van der Waals surface area (Å²) in [5.74, 6) is 0.227. The summed E-state index contributed by atoms with van der Waals surface area (Å²) in [5, 5.41) is 4.11. The molecule has 1 unspecified atom stereocenters. The number of benzene rings is 1. The quantitative estimate of drug-likeness (QED) is 0.823. The predicted octanol–water partition coefficient (Wildman–Crippen LogP) is 2.68. The molecule has 1 spiro atoms. The molecule has 0 radical (unpaired) electrons. The van der Waals surface area contributed by atoms with Gasteiger partial charge in [-0.1, -0.05) is 30.3 Å². The Morgan fingerprint density at radius 1 is 1.21 bits per heavy atom. The molecule has 2 saturated heterocycles. The summed E-state index contributed by atoms with van der Waals surface area (Å²) < 4.78 is 1.66. The van der Waals surface area contributed by atoms with Crippen LogP contribution in [0.1, 0.15) is 48.0 Å². The number of likely N-dealkylation sites (tertiary alicyclic amines) is 2. The highest BCUT2D eigenvalue weighted by atomic mass is 16.2. The smallest absolute Gasteiger partial charge is 0.257 e. The van der Waals surface area contributed by atoms with Gasteiger partial charge < -0.3 is 9.80 Å². The van der Waals surface area contributed by atoms with Crippen molar-refractivity contribution in [3.63, 3.8) is 0 Å². The molecule has 0 bridgehead atoms. The third-order valence-corrected chi connectivity index (χ3v) is 6.42. The van der Waals surface area contributed by atoms with Crippen LogP contribution in [0, 0.1) is 5.41 Å². The molecule has 2 aliphatic rings. The van der Waals surface area contributed by atoms with Gasteiger partial charge in [0.1, 0.15) is 0 Å². The largest absolute Gasteiger partial charge is 0.342 e. The summed E-state index contributed by atoms with van der Waals surface area (Å²) in [6.07, 6.45) is 6.16. The van der Waals surface area contributed by atoms with Crippen molar-refractivity contribution in [2.24, 2.45) is 12.5 Å². The number of hydrogen-bond acceptors (Lipinski definition) is 3. The average Bonchev–Trinajstić information content (AvgIpc) is 3.17. The van der Waals surface area contributed by atoms with Crippen molar-refractivity contribution in [2.45, 2.75) is 32.1 Å². The van der Waals surface area contributed by atoms with Crippen LogP contribution in [0.2, 0.25) is 0 Å². The second kappa shape index (κ2) is 7.41. The van der Waals surface area contributed by atoms with Gasteiger partial charge in [0.25, 0.3) is 5.91 Å². The Balaban J connectivity index is 1.50. The van der Waals surface area contributed by atoms with E-state index < -0.39 is 0 Å². The molecule has 6 heteroatoms. The van der Waals surface area contributed by atoms with Crippen LogP contribution in [0.4, 0.5) is 0 Å². The first-order valence-electron chi connectivity index (χ1n) is 10.1. The molecule has 6 nitrogen and oxygen atoms in total. The normalized spacial score (nSPS) is 21.9. The summed E-state index contributed by atoms with van der Waals surface area (Å²) in [7, 11) is 1.82. The molecule has 1 atom stereocenters. The van der Waals surface area contributed by atoms with Gasteiger partial charge in [0.15, 0.2) is 0 Å². The number of carbonyl (C=O) groups is 2. The van der Waals surface area contributed by atoms with Gasteiger partial charge in [-0.15, -0.1) is 0 Å². The number of amides is 2. The van der Waals surface area contributed by atoms with Crippen molar-refractivity contribution in [2.75, 3.05) is 26.2 Å². The molecule has 0 aliphatic carbocycles. The molecule has 1 aromatic heterocycles. The second-order valence-corrected chi connectivity index (χ2v) is 8.21. The summed E-state index contributed by atoms with van der Waals surface area (Å²) >= 11 is 0. The van der Waals surface area contributed by atoms with Gasteiger partial charge in [-0.25, -0.2) is 0 Å². The van der Waals surface area contributed by atoms with Gasteiger partial charge in [-0.2, -0.15) is 5.10 Å². The van der Waals surface area contributed by atoms with E-state index in [-0.39, 0.29) is 23.1 Å². The van der Waals surface area contributed by atoms with E-state index in [9.17, 15) is 9.59 Å². The minimum Gasteiger partial charge on any atom is -0.342 e. The molecule has 2 aliphatic heterocycles. The van der Waals surface area contributed by atoms with E-state index in [0.717, 1.165) is 51.0 Å². The van der Waals surface area contributed by atoms with Crippen LogP contribution < -0.4 is 0 Å². The zero-order chi connectivity index (χ0) is 19.7. The van der Waals surface area contributed by atoms with Gasteiger partial charge in [0.2, 0.25) is 5.91 Å². The number of hydrogen-bond donors (Lipinski definition) is 0. The molecule has 1 aromatic carbocycles. The van der Waals surface area contributed by atoms with Gasteiger partial charge in [-0.05, 0) is 37.2 Å². The maximum Gasteiger partial charge on any atom is 0.257 e. The first kappa shape index (κ1) is 18.7. The van der Waals surface area contributed by atoms with Crippen molar-refractivity contribution in [1.29, 1.82) is 0 Å². The highest BCUT2D eigenvalue weighted by Crippen LogP contribution is 2.45. The lowest BCUT2D eigenvalue weighted by Crippen LogP contribution is -2.54. The van der Waals surface area contributed by atoms with Crippen molar-refractivity contribution in [1.82, 2.24) is 19.6 Å². The van der Waals surface area contributed by atoms with Gasteiger partial charge in [0, 0.05) is 39.4 Å². The summed E-state index contributed by atoms with van der Waals surface area (Å²) in [6.45, 7) is 5.07. The number of likely N-dealkylation sites (N-methyl/N-ethyl adjacent to an activating group) is 1. The Hall–Kier alpha value is -2.63. The lowest BCUT2D eigenvalue weighted by molar-refractivity contribution is -0.141. The van der Waals surface area contributed by atoms with E-state index in [0.29, 0.717) is 5.56 Å². The summed E-state index contributed by atoms with van der Waals surface area (Å²) in [5.41, 5.74) is 1.85. The van der Waals surface area contributed by atoms with Gasteiger partial charge in [0.05, 0.1) is 17.7 Å². The van der Waals surface area contributed by atoms with Crippen LogP contribution in [-0.4, -0.2) is 57.6 Å². The van der Waals surface area contributed by atoms with E-state index >= 15 is 0 Å². The topological polar surface area (TPSA) is 58.4 Å². The SMILES string of the molecule is CCN1CC2(CCN(C(=O)c3cnn(C)c3)CC2)CC(c2ccccc2)C1=O. The number of carbonyl (C=O) groups excluding carboxylic acids is 2. The highest BCUT2D eigenvalue weighted by molar-refractivity contribution is 5.93. The molecule has 28 heavy (non-hydrogen) atoms. The average molecular weight is 380 g/mol. The monoisotopic (exact) mass is 380 g/mol. The van der Waals surface area contributed by atoms with Crippen LogP contribution in [0.3, 0.4) is 0 Å².